The lowest BCUT2D eigenvalue weighted by Crippen LogP contribution is -2.34. The van der Waals surface area contributed by atoms with Gasteiger partial charge in [0.2, 0.25) is 5.91 Å². The Morgan fingerprint density at radius 2 is 1.52 bits per heavy atom. The molecule has 3 amide bonds. The number of nitrogens with one attached hydrogen (secondary N) is 1. The zero-order valence-electron chi connectivity index (χ0n) is 14.7. The van der Waals surface area contributed by atoms with Crippen molar-refractivity contribution < 1.29 is 23.9 Å². The quantitative estimate of drug-likeness (QED) is 0.624. The third-order valence-corrected chi connectivity index (χ3v) is 4.18. The van der Waals surface area contributed by atoms with Crippen molar-refractivity contribution in [1.82, 2.24) is 10.2 Å². The van der Waals surface area contributed by atoms with E-state index in [0.29, 0.717) is 11.1 Å². The van der Waals surface area contributed by atoms with Gasteiger partial charge in [-0.1, -0.05) is 42.5 Å². The summed E-state index contributed by atoms with van der Waals surface area (Å²) in [5, 5.41) is 2.70. The third-order valence-electron chi connectivity index (χ3n) is 4.18. The number of carbonyl (C=O) groups is 4. The van der Waals surface area contributed by atoms with Crippen LogP contribution in [0.4, 0.5) is 0 Å². The second kappa shape index (κ2) is 7.82. The van der Waals surface area contributed by atoms with Gasteiger partial charge in [0, 0.05) is 6.92 Å². The van der Waals surface area contributed by atoms with E-state index in [1.54, 1.807) is 48.5 Å². The van der Waals surface area contributed by atoms with Crippen molar-refractivity contribution in [2.45, 2.75) is 19.4 Å². The van der Waals surface area contributed by atoms with Crippen LogP contribution >= 0.6 is 0 Å². The van der Waals surface area contributed by atoms with Crippen molar-refractivity contribution in [1.29, 1.82) is 0 Å². The van der Waals surface area contributed by atoms with Gasteiger partial charge in [0.15, 0.2) is 6.73 Å². The molecule has 0 saturated heterocycles. The number of esters is 1. The molecule has 0 bridgehead atoms. The van der Waals surface area contributed by atoms with E-state index in [4.69, 9.17) is 4.74 Å². The molecular formula is C20H18N2O5. The van der Waals surface area contributed by atoms with Crippen LogP contribution in [-0.2, 0) is 14.3 Å². The molecule has 3 rings (SSSR count). The number of hydrogen-bond donors (Lipinski definition) is 1. The average molecular weight is 366 g/mol. The molecule has 0 unspecified atom stereocenters. The average Bonchev–Trinajstić information content (AvgIpc) is 2.91. The van der Waals surface area contributed by atoms with Gasteiger partial charge in [0.25, 0.3) is 11.8 Å². The molecule has 27 heavy (non-hydrogen) atoms. The summed E-state index contributed by atoms with van der Waals surface area (Å²) in [4.78, 5) is 49.1. The van der Waals surface area contributed by atoms with Crippen molar-refractivity contribution in [3.8, 4) is 0 Å². The highest BCUT2D eigenvalue weighted by Crippen LogP contribution is 2.23. The van der Waals surface area contributed by atoms with E-state index in [1.807, 2.05) is 6.07 Å². The van der Waals surface area contributed by atoms with Gasteiger partial charge in [-0.25, -0.2) is 4.90 Å². The Labute approximate surface area is 155 Å². The molecule has 1 N–H and O–H groups in total. The molecule has 1 heterocycles. The summed E-state index contributed by atoms with van der Waals surface area (Å²) in [5.74, 6) is -1.90. The lowest BCUT2D eigenvalue weighted by molar-refractivity contribution is -0.147. The first-order valence-corrected chi connectivity index (χ1v) is 8.40. The van der Waals surface area contributed by atoms with Crippen LogP contribution in [-0.4, -0.2) is 35.3 Å². The van der Waals surface area contributed by atoms with E-state index < -0.39 is 30.6 Å². The Kier molecular flexibility index (Phi) is 5.30. The Bertz CT molecular complexity index is 859. The van der Waals surface area contributed by atoms with Crippen molar-refractivity contribution in [2.24, 2.45) is 0 Å². The first-order chi connectivity index (χ1) is 13.0. The summed E-state index contributed by atoms with van der Waals surface area (Å²) >= 11 is 0. The number of fused-ring (bicyclic) bond motifs is 1. The topological polar surface area (TPSA) is 92.8 Å². The van der Waals surface area contributed by atoms with E-state index in [9.17, 15) is 19.2 Å². The Balaban J connectivity index is 1.63. The molecule has 0 radical (unpaired) electrons. The molecule has 0 saturated carbocycles. The summed E-state index contributed by atoms with van der Waals surface area (Å²) in [5.41, 5.74) is 1.34. The Morgan fingerprint density at radius 1 is 0.963 bits per heavy atom. The highest BCUT2D eigenvalue weighted by molar-refractivity contribution is 6.21. The maximum Gasteiger partial charge on any atom is 0.309 e. The smallest absolute Gasteiger partial charge is 0.309 e. The van der Waals surface area contributed by atoms with Crippen molar-refractivity contribution in [3.05, 3.63) is 71.3 Å². The fourth-order valence-corrected chi connectivity index (χ4v) is 2.90. The lowest BCUT2D eigenvalue weighted by Gasteiger charge is -2.19. The van der Waals surface area contributed by atoms with E-state index >= 15 is 0 Å². The number of amides is 3. The number of benzene rings is 2. The summed E-state index contributed by atoms with van der Waals surface area (Å²) in [6, 6.07) is 14.9. The fraction of sp³-hybridized carbons (Fsp3) is 0.200. The molecule has 0 aromatic heterocycles. The van der Waals surface area contributed by atoms with Crippen LogP contribution in [0.3, 0.4) is 0 Å². The van der Waals surface area contributed by atoms with Crippen LogP contribution in [0.25, 0.3) is 0 Å². The highest BCUT2D eigenvalue weighted by Gasteiger charge is 2.35. The molecule has 1 aliphatic heterocycles. The summed E-state index contributed by atoms with van der Waals surface area (Å²) in [7, 11) is 0. The van der Waals surface area contributed by atoms with E-state index in [0.717, 1.165) is 10.5 Å². The van der Waals surface area contributed by atoms with Crippen molar-refractivity contribution >= 4 is 23.7 Å². The summed E-state index contributed by atoms with van der Waals surface area (Å²) in [6.07, 6.45) is -0.118. The maximum absolute atomic E-state index is 12.3. The van der Waals surface area contributed by atoms with E-state index in [1.165, 1.54) is 6.92 Å². The van der Waals surface area contributed by atoms with Crippen LogP contribution in [0.5, 0.6) is 0 Å². The molecule has 0 spiro atoms. The minimum atomic E-state index is -0.630. The Morgan fingerprint density at radius 3 is 2.07 bits per heavy atom. The van der Waals surface area contributed by atoms with Gasteiger partial charge in [-0.05, 0) is 17.7 Å². The zero-order chi connectivity index (χ0) is 19.4. The normalized spacial score (nSPS) is 13.9. The first-order valence-electron chi connectivity index (χ1n) is 8.40. The molecule has 1 aliphatic rings. The molecule has 1 atom stereocenters. The van der Waals surface area contributed by atoms with Gasteiger partial charge in [0.1, 0.15) is 0 Å². The number of rotatable bonds is 6. The SMILES string of the molecule is CC(=O)N[C@H](CC(=O)OCN1C(=O)c2ccccc2C1=O)c1ccccc1. The van der Waals surface area contributed by atoms with Gasteiger partial charge >= 0.3 is 5.97 Å². The number of hydrogen-bond acceptors (Lipinski definition) is 5. The maximum atomic E-state index is 12.3. The van der Waals surface area contributed by atoms with Gasteiger partial charge in [0.05, 0.1) is 23.6 Å². The minimum Gasteiger partial charge on any atom is -0.444 e. The van der Waals surface area contributed by atoms with Crippen LogP contribution in [0.1, 0.15) is 45.7 Å². The van der Waals surface area contributed by atoms with Gasteiger partial charge in [-0.3, -0.25) is 19.2 Å². The van der Waals surface area contributed by atoms with Crippen LogP contribution in [0.2, 0.25) is 0 Å². The number of imide groups is 1. The van der Waals surface area contributed by atoms with Gasteiger partial charge in [-0.15, -0.1) is 0 Å². The van der Waals surface area contributed by atoms with Crippen LogP contribution in [0.15, 0.2) is 54.6 Å². The standard InChI is InChI=1S/C20H18N2O5/c1-13(23)21-17(14-7-3-2-4-8-14)11-18(24)27-12-22-19(25)15-9-5-6-10-16(15)20(22)26/h2-10,17H,11-12H2,1H3,(H,21,23)/t17-/m1/s1. The molecule has 0 fully saturated rings. The predicted octanol–water partition coefficient (Wildman–Crippen LogP) is 2.05. The zero-order valence-corrected chi connectivity index (χ0v) is 14.7. The fourth-order valence-electron chi connectivity index (χ4n) is 2.90. The second-order valence-corrected chi connectivity index (χ2v) is 6.10. The summed E-state index contributed by atoms with van der Waals surface area (Å²) in [6.45, 7) is 0.896. The molecule has 2 aromatic carbocycles. The molecule has 7 nitrogen and oxygen atoms in total. The van der Waals surface area contributed by atoms with Crippen molar-refractivity contribution in [3.63, 3.8) is 0 Å². The number of carbonyl (C=O) groups excluding carboxylic acids is 4. The molecule has 7 heteroatoms. The second-order valence-electron chi connectivity index (χ2n) is 6.10. The molecule has 0 aliphatic carbocycles. The van der Waals surface area contributed by atoms with E-state index in [-0.39, 0.29) is 12.3 Å². The molecule has 138 valence electrons. The first kappa shape index (κ1) is 18.3. The minimum absolute atomic E-state index is 0.118. The summed E-state index contributed by atoms with van der Waals surface area (Å²) < 4.78 is 5.13. The van der Waals surface area contributed by atoms with Gasteiger partial charge in [-0.2, -0.15) is 0 Å². The van der Waals surface area contributed by atoms with Crippen molar-refractivity contribution in [2.75, 3.05) is 6.73 Å². The number of nitrogens with zero attached hydrogens (tertiary/aromatic N) is 1. The largest absolute Gasteiger partial charge is 0.444 e. The molecular weight excluding hydrogens is 348 g/mol. The monoisotopic (exact) mass is 366 g/mol. The highest BCUT2D eigenvalue weighted by atomic mass is 16.5. The number of ether oxygens (including phenoxy) is 1. The third kappa shape index (κ3) is 4.03. The molecule has 2 aromatic rings. The van der Waals surface area contributed by atoms with Crippen LogP contribution < -0.4 is 5.32 Å². The van der Waals surface area contributed by atoms with Crippen LogP contribution in [0, 0.1) is 0 Å². The lowest BCUT2D eigenvalue weighted by atomic mass is 10.0. The van der Waals surface area contributed by atoms with E-state index in [2.05, 4.69) is 5.32 Å². The predicted molar refractivity (Wildman–Crippen MR) is 95.5 cm³/mol. The van der Waals surface area contributed by atoms with Gasteiger partial charge < -0.3 is 10.1 Å². The Hall–Kier alpha value is -3.48.